The summed E-state index contributed by atoms with van der Waals surface area (Å²) >= 11 is 3.45. The van der Waals surface area contributed by atoms with Gasteiger partial charge in [-0.05, 0) is 48.2 Å². The van der Waals surface area contributed by atoms with E-state index in [1.807, 2.05) is 16.9 Å². The molecule has 2 aromatic heterocycles. The first-order valence-corrected chi connectivity index (χ1v) is 8.18. The second-order valence-corrected chi connectivity index (χ2v) is 6.70. The molecule has 1 saturated heterocycles. The number of hydrogen-bond donors (Lipinski definition) is 0. The largest absolute Gasteiger partial charge is 0.299 e. The Labute approximate surface area is 128 Å². The molecule has 1 atom stereocenters. The molecule has 3 heterocycles. The lowest BCUT2D eigenvalue weighted by molar-refractivity contribution is 0.313. The third-order valence-corrected chi connectivity index (χ3v) is 4.60. The van der Waals surface area contributed by atoms with Crippen molar-refractivity contribution < 1.29 is 0 Å². The Kier molecular flexibility index (Phi) is 4.08. The van der Waals surface area contributed by atoms with Crippen LogP contribution in [0, 0.1) is 12.8 Å². The summed E-state index contributed by atoms with van der Waals surface area (Å²) in [5, 5.41) is 4.57. The SMILES string of the molecule is CCCC1CCN(Cc2c(C)nn3cc(Br)cnc23)C1. The van der Waals surface area contributed by atoms with E-state index < -0.39 is 0 Å². The number of aryl methyl sites for hydroxylation is 1. The summed E-state index contributed by atoms with van der Waals surface area (Å²) in [5.74, 6) is 0.879. The second kappa shape index (κ2) is 5.82. The Bertz CT molecular complexity index is 607. The predicted molar refractivity (Wildman–Crippen MR) is 83.7 cm³/mol. The molecule has 0 spiro atoms. The van der Waals surface area contributed by atoms with E-state index in [1.54, 1.807) is 0 Å². The molecule has 0 amide bonds. The van der Waals surface area contributed by atoms with Crippen LogP contribution in [0.15, 0.2) is 16.9 Å². The van der Waals surface area contributed by atoms with Crippen LogP contribution in [0.5, 0.6) is 0 Å². The number of halogens is 1. The van der Waals surface area contributed by atoms with Gasteiger partial charge in [-0.1, -0.05) is 13.3 Å². The van der Waals surface area contributed by atoms with Crippen LogP contribution in [0.2, 0.25) is 0 Å². The van der Waals surface area contributed by atoms with Gasteiger partial charge in [0.2, 0.25) is 0 Å². The van der Waals surface area contributed by atoms with Crippen molar-refractivity contribution in [2.75, 3.05) is 13.1 Å². The van der Waals surface area contributed by atoms with Crippen LogP contribution in [0.3, 0.4) is 0 Å². The van der Waals surface area contributed by atoms with Crippen molar-refractivity contribution in [2.45, 2.75) is 39.7 Å². The van der Waals surface area contributed by atoms with Crippen LogP contribution in [0.25, 0.3) is 5.65 Å². The zero-order valence-electron chi connectivity index (χ0n) is 12.1. The fraction of sp³-hybridized carbons (Fsp3) is 0.600. The minimum atomic E-state index is 0.879. The third kappa shape index (κ3) is 2.74. The maximum atomic E-state index is 4.57. The van der Waals surface area contributed by atoms with E-state index in [1.165, 1.54) is 37.9 Å². The molecule has 1 aliphatic heterocycles. The highest BCUT2D eigenvalue weighted by Crippen LogP contribution is 2.24. The lowest BCUT2D eigenvalue weighted by atomic mass is 10.0. The lowest BCUT2D eigenvalue weighted by Gasteiger charge is -2.15. The van der Waals surface area contributed by atoms with Gasteiger partial charge in [0.1, 0.15) is 0 Å². The zero-order chi connectivity index (χ0) is 14.1. The number of rotatable bonds is 4. The molecule has 5 heteroatoms. The normalized spacial score (nSPS) is 20.1. The molecule has 1 aliphatic rings. The second-order valence-electron chi connectivity index (χ2n) is 5.78. The van der Waals surface area contributed by atoms with E-state index in [2.05, 4.69) is 44.8 Å². The van der Waals surface area contributed by atoms with Gasteiger partial charge in [-0.15, -0.1) is 0 Å². The molecule has 0 radical (unpaired) electrons. The van der Waals surface area contributed by atoms with Gasteiger partial charge in [-0.2, -0.15) is 5.10 Å². The highest BCUT2D eigenvalue weighted by molar-refractivity contribution is 9.10. The molecule has 0 aliphatic carbocycles. The van der Waals surface area contributed by atoms with Gasteiger partial charge in [-0.3, -0.25) is 4.90 Å². The van der Waals surface area contributed by atoms with Crippen LogP contribution in [0.4, 0.5) is 0 Å². The Morgan fingerprint density at radius 2 is 2.30 bits per heavy atom. The number of hydrogen-bond acceptors (Lipinski definition) is 3. The summed E-state index contributed by atoms with van der Waals surface area (Å²) in [7, 11) is 0. The standard InChI is InChI=1S/C15H21BrN4/c1-3-4-12-5-6-19(8-12)10-14-11(2)18-20-9-13(16)7-17-15(14)20/h7,9,12H,3-6,8,10H2,1-2H3. The Morgan fingerprint density at radius 1 is 1.45 bits per heavy atom. The van der Waals surface area contributed by atoms with Gasteiger partial charge >= 0.3 is 0 Å². The molecule has 1 unspecified atom stereocenters. The fourth-order valence-electron chi connectivity index (χ4n) is 3.18. The summed E-state index contributed by atoms with van der Waals surface area (Å²) in [5.41, 5.74) is 3.36. The van der Waals surface area contributed by atoms with Gasteiger partial charge in [0.15, 0.2) is 5.65 Å². The van der Waals surface area contributed by atoms with Crippen molar-refractivity contribution in [2.24, 2.45) is 5.92 Å². The zero-order valence-corrected chi connectivity index (χ0v) is 13.7. The molecule has 0 N–H and O–H groups in total. The highest BCUT2D eigenvalue weighted by atomic mass is 79.9. The first-order valence-electron chi connectivity index (χ1n) is 7.39. The molecular weight excluding hydrogens is 316 g/mol. The van der Waals surface area contributed by atoms with E-state index >= 15 is 0 Å². The molecule has 0 saturated carbocycles. The van der Waals surface area contributed by atoms with Crippen molar-refractivity contribution in [1.82, 2.24) is 19.5 Å². The van der Waals surface area contributed by atoms with Crippen LogP contribution in [0.1, 0.15) is 37.4 Å². The monoisotopic (exact) mass is 336 g/mol. The van der Waals surface area contributed by atoms with E-state index in [4.69, 9.17) is 0 Å². The van der Waals surface area contributed by atoms with Crippen LogP contribution in [-0.4, -0.2) is 32.6 Å². The van der Waals surface area contributed by atoms with Gasteiger partial charge in [-0.25, -0.2) is 9.50 Å². The van der Waals surface area contributed by atoms with Crippen LogP contribution >= 0.6 is 15.9 Å². The molecule has 20 heavy (non-hydrogen) atoms. The summed E-state index contributed by atoms with van der Waals surface area (Å²) in [6, 6.07) is 0. The summed E-state index contributed by atoms with van der Waals surface area (Å²) in [4.78, 5) is 7.08. The number of nitrogens with zero attached hydrogens (tertiary/aromatic N) is 4. The minimum absolute atomic E-state index is 0.879. The molecular formula is C15H21BrN4. The molecule has 1 fully saturated rings. The van der Waals surface area contributed by atoms with Gasteiger partial charge in [0.05, 0.1) is 10.2 Å². The average Bonchev–Trinajstić information content (AvgIpc) is 2.96. The van der Waals surface area contributed by atoms with Crippen LogP contribution in [-0.2, 0) is 6.54 Å². The number of likely N-dealkylation sites (tertiary alicyclic amines) is 1. The highest BCUT2D eigenvalue weighted by Gasteiger charge is 2.23. The van der Waals surface area contributed by atoms with Crippen LogP contribution < -0.4 is 0 Å². The van der Waals surface area contributed by atoms with Gasteiger partial charge < -0.3 is 0 Å². The molecule has 0 aromatic carbocycles. The Morgan fingerprint density at radius 3 is 3.10 bits per heavy atom. The molecule has 2 aromatic rings. The minimum Gasteiger partial charge on any atom is -0.299 e. The first-order chi connectivity index (χ1) is 9.67. The van der Waals surface area contributed by atoms with Crippen molar-refractivity contribution in [3.8, 4) is 0 Å². The predicted octanol–water partition coefficient (Wildman–Crippen LogP) is 3.42. The topological polar surface area (TPSA) is 33.4 Å². The van der Waals surface area contributed by atoms with Crippen molar-refractivity contribution in [3.05, 3.63) is 28.1 Å². The summed E-state index contributed by atoms with van der Waals surface area (Å²) < 4.78 is 2.84. The Hall–Kier alpha value is -0.940. The van der Waals surface area contributed by atoms with E-state index in [9.17, 15) is 0 Å². The van der Waals surface area contributed by atoms with Crippen molar-refractivity contribution in [3.63, 3.8) is 0 Å². The smallest absolute Gasteiger partial charge is 0.159 e. The number of aromatic nitrogens is 3. The quantitative estimate of drug-likeness (QED) is 0.857. The molecule has 108 valence electrons. The summed E-state index contributed by atoms with van der Waals surface area (Å²) in [6.07, 6.45) is 7.82. The Balaban J connectivity index is 1.79. The van der Waals surface area contributed by atoms with E-state index in [0.29, 0.717) is 0 Å². The maximum Gasteiger partial charge on any atom is 0.159 e. The molecule has 0 bridgehead atoms. The third-order valence-electron chi connectivity index (χ3n) is 4.19. The lowest BCUT2D eigenvalue weighted by Crippen LogP contribution is -2.20. The average molecular weight is 337 g/mol. The fourth-order valence-corrected chi connectivity index (χ4v) is 3.47. The van der Waals surface area contributed by atoms with E-state index in [-0.39, 0.29) is 0 Å². The van der Waals surface area contributed by atoms with Crippen molar-refractivity contribution >= 4 is 21.6 Å². The van der Waals surface area contributed by atoms with Gasteiger partial charge in [0, 0.05) is 31.0 Å². The van der Waals surface area contributed by atoms with E-state index in [0.717, 1.165) is 28.3 Å². The maximum absolute atomic E-state index is 4.57. The van der Waals surface area contributed by atoms with Crippen molar-refractivity contribution in [1.29, 1.82) is 0 Å². The molecule has 4 nitrogen and oxygen atoms in total. The first kappa shape index (κ1) is 14.0. The number of fused-ring (bicyclic) bond motifs is 1. The van der Waals surface area contributed by atoms with Gasteiger partial charge in [0.25, 0.3) is 0 Å². The summed E-state index contributed by atoms with van der Waals surface area (Å²) in [6.45, 7) is 7.76. The molecule has 3 rings (SSSR count).